The number of fused-ring (bicyclic) bond motifs is 1. The lowest BCUT2D eigenvalue weighted by Crippen LogP contribution is -2.31. The molecule has 0 radical (unpaired) electrons. The molecule has 2 heterocycles. The average molecular weight is 441 g/mol. The van der Waals surface area contributed by atoms with Crippen molar-refractivity contribution in [3.8, 4) is 5.75 Å². The van der Waals surface area contributed by atoms with E-state index >= 15 is 0 Å². The number of benzene rings is 2. The molecule has 160 valence electrons. The van der Waals surface area contributed by atoms with Gasteiger partial charge in [0.2, 0.25) is 10.0 Å². The first-order valence-electron chi connectivity index (χ1n) is 9.18. The highest BCUT2D eigenvalue weighted by molar-refractivity contribution is 7.89. The van der Waals surface area contributed by atoms with Gasteiger partial charge in [0.05, 0.1) is 23.0 Å². The van der Waals surface area contributed by atoms with Crippen molar-refractivity contribution in [2.75, 3.05) is 7.11 Å². The van der Waals surface area contributed by atoms with E-state index in [0.717, 1.165) is 0 Å². The van der Waals surface area contributed by atoms with Crippen LogP contribution in [-0.2, 0) is 17.1 Å². The standard InChI is InChI=1S/C20H19N5O5S/c1-25-9-8-21-18(25)17(12-4-3-5-13(10-12)30-2)24-31(28,29)14-6-7-15-16(11-14)23-20(27)19(26)22-15/h3-11,17,24H,1-2H3,(H,22,26)(H,23,27). The van der Waals surface area contributed by atoms with Crippen molar-refractivity contribution in [2.45, 2.75) is 10.9 Å². The lowest BCUT2D eigenvalue weighted by Gasteiger charge is -2.20. The van der Waals surface area contributed by atoms with E-state index in [1.807, 2.05) is 0 Å². The molecule has 10 nitrogen and oxygen atoms in total. The Labute approximate surface area is 176 Å². The van der Waals surface area contributed by atoms with Gasteiger partial charge in [0.1, 0.15) is 17.6 Å². The first-order chi connectivity index (χ1) is 14.8. The molecule has 0 aliphatic heterocycles. The van der Waals surface area contributed by atoms with Crippen LogP contribution in [0.15, 0.2) is 69.3 Å². The van der Waals surface area contributed by atoms with Gasteiger partial charge in [0.15, 0.2) is 0 Å². The monoisotopic (exact) mass is 441 g/mol. The molecule has 0 aliphatic rings. The summed E-state index contributed by atoms with van der Waals surface area (Å²) in [5.74, 6) is 1.05. The fourth-order valence-electron chi connectivity index (χ4n) is 3.23. The molecule has 2 aromatic heterocycles. The quantitative estimate of drug-likeness (QED) is 0.382. The lowest BCUT2D eigenvalue weighted by atomic mass is 10.1. The molecule has 0 fully saturated rings. The van der Waals surface area contributed by atoms with Crippen LogP contribution in [0.3, 0.4) is 0 Å². The molecule has 1 unspecified atom stereocenters. The predicted molar refractivity (Wildman–Crippen MR) is 114 cm³/mol. The van der Waals surface area contributed by atoms with E-state index in [-0.39, 0.29) is 10.4 Å². The van der Waals surface area contributed by atoms with Gasteiger partial charge in [0.25, 0.3) is 0 Å². The Morgan fingerprint density at radius 1 is 1.06 bits per heavy atom. The van der Waals surface area contributed by atoms with Crippen LogP contribution in [0, 0.1) is 0 Å². The highest BCUT2D eigenvalue weighted by Crippen LogP contribution is 2.26. The number of hydrogen-bond donors (Lipinski definition) is 3. The van der Waals surface area contributed by atoms with Crippen molar-refractivity contribution in [3.05, 3.63) is 87.0 Å². The van der Waals surface area contributed by atoms with Crippen LogP contribution < -0.4 is 20.6 Å². The van der Waals surface area contributed by atoms with Gasteiger partial charge in [-0.3, -0.25) is 9.59 Å². The van der Waals surface area contributed by atoms with Gasteiger partial charge in [-0.05, 0) is 35.9 Å². The SMILES string of the molecule is COc1cccc(C(NS(=O)(=O)c2ccc3[nH]c(=O)c(=O)[nH]c3c2)c2nccn2C)c1. The number of aryl methyl sites for hydroxylation is 1. The summed E-state index contributed by atoms with van der Waals surface area (Å²) in [4.78, 5) is 32.1. The van der Waals surface area contributed by atoms with Gasteiger partial charge >= 0.3 is 11.1 Å². The predicted octanol–water partition coefficient (Wildman–Crippen LogP) is 1.03. The van der Waals surface area contributed by atoms with Crippen molar-refractivity contribution in [1.82, 2.24) is 24.2 Å². The second-order valence-electron chi connectivity index (χ2n) is 6.84. The number of nitrogens with one attached hydrogen (secondary N) is 3. The van der Waals surface area contributed by atoms with Gasteiger partial charge in [-0.25, -0.2) is 13.4 Å². The van der Waals surface area contributed by atoms with E-state index in [2.05, 4.69) is 19.7 Å². The minimum absolute atomic E-state index is 0.0789. The van der Waals surface area contributed by atoms with Crippen molar-refractivity contribution in [3.63, 3.8) is 0 Å². The minimum atomic E-state index is -4.04. The normalized spacial score (nSPS) is 12.7. The molecule has 1 atom stereocenters. The summed E-state index contributed by atoms with van der Waals surface area (Å²) in [5, 5.41) is 0. The third kappa shape index (κ3) is 4.00. The average Bonchev–Trinajstić information content (AvgIpc) is 3.18. The summed E-state index contributed by atoms with van der Waals surface area (Å²) in [5.41, 5.74) is -0.526. The summed E-state index contributed by atoms with van der Waals surface area (Å²) >= 11 is 0. The van der Waals surface area contributed by atoms with Gasteiger partial charge in [-0.1, -0.05) is 12.1 Å². The molecule has 0 bridgehead atoms. The Hall–Kier alpha value is -3.70. The van der Waals surface area contributed by atoms with Crippen LogP contribution in [0.5, 0.6) is 5.75 Å². The second-order valence-corrected chi connectivity index (χ2v) is 8.56. The molecule has 3 N–H and O–H groups in total. The summed E-state index contributed by atoms with van der Waals surface area (Å²) in [6.45, 7) is 0. The third-order valence-electron chi connectivity index (χ3n) is 4.82. The number of sulfonamides is 1. The zero-order valence-corrected chi connectivity index (χ0v) is 17.4. The summed E-state index contributed by atoms with van der Waals surface area (Å²) in [7, 11) is -0.751. The summed E-state index contributed by atoms with van der Waals surface area (Å²) in [6, 6.07) is 10.3. The molecule has 0 saturated heterocycles. The van der Waals surface area contributed by atoms with Crippen molar-refractivity contribution >= 4 is 21.1 Å². The fourth-order valence-corrected chi connectivity index (χ4v) is 4.44. The number of aromatic amines is 2. The van der Waals surface area contributed by atoms with Gasteiger partial charge in [-0.15, -0.1) is 0 Å². The Balaban J connectivity index is 1.79. The van der Waals surface area contributed by atoms with E-state index in [4.69, 9.17) is 4.74 Å². The van der Waals surface area contributed by atoms with Crippen LogP contribution >= 0.6 is 0 Å². The zero-order valence-electron chi connectivity index (χ0n) is 16.6. The van der Waals surface area contributed by atoms with Crippen LogP contribution in [0.25, 0.3) is 11.0 Å². The Kier molecular flexibility index (Phi) is 5.21. The molecular weight excluding hydrogens is 422 g/mol. The number of H-pyrrole nitrogens is 2. The highest BCUT2D eigenvalue weighted by Gasteiger charge is 2.26. The first-order valence-corrected chi connectivity index (χ1v) is 10.7. The molecular formula is C20H19N5O5S. The van der Waals surface area contributed by atoms with E-state index in [9.17, 15) is 18.0 Å². The molecule has 4 rings (SSSR count). The van der Waals surface area contributed by atoms with Crippen LogP contribution in [0.2, 0.25) is 0 Å². The Bertz CT molecular complexity index is 1490. The number of methoxy groups -OCH3 is 1. The molecule has 11 heteroatoms. The molecule has 31 heavy (non-hydrogen) atoms. The second kappa shape index (κ2) is 7.85. The van der Waals surface area contributed by atoms with E-state index in [1.165, 1.54) is 25.3 Å². The number of nitrogens with zero attached hydrogens (tertiary/aromatic N) is 2. The van der Waals surface area contributed by atoms with Crippen molar-refractivity contribution < 1.29 is 13.2 Å². The molecule has 0 amide bonds. The zero-order chi connectivity index (χ0) is 22.2. The number of hydrogen-bond acceptors (Lipinski definition) is 6. The molecule has 0 spiro atoms. The number of ether oxygens (including phenoxy) is 1. The number of imidazole rings is 1. The minimum Gasteiger partial charge on any atom is -0.497 e. The van der Waals surface area contributed by atoms with E-state index < -0.39 is 27.2 Å². The largest absolute Gasteiger partial charge is 0.497 e. The first kappa shape index (κ1) is 20.6. The lowest BCUT2D eigenvalue weighted by molar-refractivity contribution is 0.413. The van der Waals surface area contributed by atoms with Crippen LogP contribution in [0.1, 0.15) is 17.4 Å². The molecule has 0 aliphatic carbocycles. The fraction of sp³-hybridized carbons (Fsp3) is 0.150. The maximum atomic E-state index is 13.2. The summed E-state index contributed by atoms with van der Waals surface area (Å²) < 4.78 is 36.1. The number of rotatable bonds is 6. The van der Waals surface area contributed by atoms with E-state index in [0.29, 0.717) is 22.7 Å². The summed E-state index contributed by atoms with van der Waals surface area (Å²) in [6.07, 6.45) is 3.29. The van der Waals surface area contributed by atoms with Crippen molar-refractivity contribution in [1.29, 1.82) is 0 Å². The van der Waals surface area contributed by atoms with Crippen LogP contribution in [0.4, 0.5) is 0 Å². The maximum Gasteiger partial charge on any atom is 0.314 e. The van der Waals surface area contributed by atoms with Gasteiger partial charge in [0, 0.05) is 19.4 Å². The maximum absolute atomic E-state index is 13.2. The topological polar surface area (TPSA) is 139 Å². The molecule has 4 aromatic rings. The number of aromatic nitrogens is 4. The third-order valence-corrected chi connectivity index (χ3v) is 6.24. The molecule has 2 aromatic carbocycles. The van der Waals surface area contributed by atoms with Gasteiger partial charge in [-0.2, -0.15) is 4.72 Å². The Morgan fingerprint density at radius 2 is 1.81 bits per heavy atom. The van der Waals surface area contributed by atoms with Crippen LogP contribution in [-0.4, -0.2) is 35.0 Å². The molecule has 0 saturated carbocycles. The highest BCUT2D eigenvalue weighted by atomic mass is 32.2. The smallest absolute Gasteiger partial charge is 0.314 e. The van der Waals surface area contributed by atoms with Crippen molar-refractivity contribution in [2.24, 2.45) is 7.05 Å². The van der Waals surface area contributed by atoms with Gasteiger partial charge < -0.3 is 19.3 Å². The Morgan fingerprint density at radius 3 is 2.48 bits per heavy atom. The van der Waals surface area contributed by atoms with E-state index in [1.54, 1.807) is 48.3 Å².